The first-order chi connectivity index (χ1) is 8.30. The molecule has 18 heavy (non-hydrogen) atoms. The molecule has 1 aliphatic heterocycles. The molecule has 1 aliphatic rings. The molecule has 1 aromatic heterocycles. The van der Waals surface area contributed by atoms with Gasteiger partial charge in [0, 0.05) is 22.3 Å². The van der Waals surface area contributed by atoms with Crippen LogP contribution in [0.15, 0.2) is 11.4 Å². The Bertz CT molecular complexity index is 563. The summed E-state index contributed by atoms with van der Waals surface area (Å²) in [5.41, 5.74) is -0.118. The van der Waals surface area contributed by atoms with E-state index >= 15 is 0 Å². The largest absolute Gasteiger partial charge is 0.478 e. The van der Waals surface area contributed by atoms with Crippen LogP contribution in [0.5, 0.6) is 0 Å². The van der Waals surface area contributed by atoms with Gasteiger partial charge in [-0.2, -0.15) is 0 Å². The molecule has 5 nitrogen and oxygen atoms in total. The lowest BCUT2D eigenvalue weighted by Gasteiger charge is -2.23. The molecule has 1 atom stereocenters. The fraction of sp³-hybridized carbons (Fsp3) is 0.545. The summed E-state index contributed by atoms with van der Waals surface area (Å²) in [5, 5.41) is 13.6. The van der Waals surface area contributed by atoms with Crippen LogP contribution in [-0.4, -0.2) is 36.5 Å². The number of rotatable bonds is 4. The molecule has 0 bridgehead atoms. The van der Waals surface area contributed by atoms with Gasteiger partial charge < -0.3 is 10.4 Å². The number of carboxylic acid groups (broad SMARTS) is 1. The van der Waals surface area contributed by atoms with Gasteiger partial charge in [0.05, 0.1) is 17.1 Å². The molecule has 1 saturated heterocycles. The van der Waals surface area contributed by atoms with Crippen LogP contribution >= 0.6 is 11.3 Å². The van der Waals surface area contributed by atoms with E-state index in [-0.39, 0.29) is 17.1 Å². The Labute approximate surface area is 110 Å². The van der Waals surface area contributed by atoms with Crippen molar-refractivity contribution in [3.63, 3.8) is 0 Å². The maximum atomic E-state index is 11.4. The van der Waals surface area contributed by atoms with Crippen molar-refractivity contribution in [2.45, 2.75) is 25.4 Å². The third-order valence-electron chi connectivity index (χ3n) is 3.09. The Morgan fingerprint density at radius 3 is 2.83 bits per heavy atom. The van der Waals surface area contributed by atoms with Crippen LogP contribution in [0.2, 0.25) is 0 Å². The van der Waals surface area contributed by atoms with E-state index < -0.39 is 21.3 Å². The molecular formula is C11H15NO4S2. The highest BCUT2D eigenvalue weighted by molar-refractivity contribution is 7.91. The summed E-state index contributed by atoms with van der Waals surface area (Å²) in [6, 6.07) is 1.62. The van der Waals surface area contributed by atoms with Crippen molar-refractivity contribution in [2.75, 3.05) is 11.5 Å². The number of thiophene rings is 1. The number of sulfone groups is 1. The second kappa shape index (κ2) is 4.64. The van der Waals surface area contributed by atoms with Gasteiger partial charge in [-0.05, 0) is 19.4 Å². The van der Waals surface area contributed by atoms with E-state index in [0.717, 1.165) is 4.88 Å². The second-order valence-electron chi connectivity index (χ2n) is 4.86. The van der Waals surface area contributed by atoms with Gasteiger partial charge in [-0.1, -0.05) is 0 Å². The van der Waals surface area contributed by atoms with Gasteiger partial charge in [-0.3, -0.25) is 0 Å². The summed E-state index contributed by atoms with van der Waals surface area (Å²) >= 11 is 1.37. The van der Waals surface area contributed by atoms with Gasteiger partial charge in [-0.25, -0.2) is 13.2 Å². The summed E-state index contributed by atoms with van der Waals surface area (Å²) in [6.07, 6.45) is 0.604. The number of nitrogens with one attached hydrogen (secondary N) is 1. The molecule has 1 fully saturated rings. The fourth-order valence-electron chi connectivity index (χ4n) is 2.04. The monoisotopic (exact) mass is 289 g/mol. The molecule has 0 saturated carbocycles. The minimum Gasteiger partial charge on any atom is -0.478 e. The van der Waals surface area contributed by atoms with Crippen molar-refractivity contribution < 1.29 is 18.3 Å². The summed E-state index contributed by atoms with van der Waals surface area (Å²) in [7, 11) is -2.92. The van der Waals surface area contributed by atoms with Gasteiger partial charge in [0.2, 0.25) is 0 Å². The van der Waals surface area contributed by atoms with Crippen molar-refractivity contribution in [1.29, 1.82) is 0 Å². The van der Waals surface area contributed by atoms with Crippen molar-refractivity contribution >= 4 is 27.1 Å². The number of carbonyl (C=O) groups is 1. The quantitative estimate of drug-likeness (QED) is 0.867. The molecule has 7 heteroatoms. The van der Waals surface area contributed by atoms with Crippen molar-refractivity contribution in [1.82, 2.24) is 5.32 Å². The third kappa shape index (κ3) is 3.09. The summed E-state index contributed by atoms with van der Waals surface area (Å²) < 4.78 is 22.9. The Morgan fingerprint density at radius 2 is 2.33 bits per heavy atom. The first-order valence-corrected chi connectivity index (χ1v) is 8.26. The van der Waals surface area contributed by atoms with E-state index in [1.165, 1.54) is 11.3 Å². The maximum absolute atomic E-state index is 11.4. The molecule has 1 unspecified atom stereocenters. The summed E-state index contributed by atoms with van der Waals surface area (Å²) in [6.45, 7) is 2.40. The zero-order valence-corrected chi connectivity index (χ0v) is 11.6. The predicted molar refractivity (Wildman–Crippen MR) is 69.8 cm³/mol. The van der Waals surface area contributed by atoms with Crippen molar-refractivity contribution in [3.05, 3.63) is 21.9 Å². The zero-order valence-electron chi connectivity index (χ0n) is 9.97. The predicted octanol–water partition coefficient (Wildman–Crippen LogP) is 1.11. The second-order valence-corrected chi connectivity index (χ2v) is 8.04. The van der Waals surface area contributed by atoms with Gasteiger partial charge in [-0.15, -0.1) is 11.3 Å². The Balaban J connectivity index is 1.97. The Kier molecular flexibility index (Phi) is 3.48. The lowest BCUT2D eigenvalue weighted by molar-refractivity contribution is 0.0697. The molecular weight excluding hydrogens is 274 g/mol. The van der Waals surface area contributed by atoms with Crippen LogP contribution in [-0.2, 0) is 16.4 Å². The molecule has 0 aromatic carbocycles. The smallest absolute Gasteiger partial charge is 0.336 e. The molecule has 0 amide bonds. The Hall–Kier alpha value is -0.920. The van der Waals surface area contributed by atoms with Crippen LogP contribution in [0.25, 0.3) is 0 Å². The number of hydrogen-bond donors (Lipinski definition) is 2. The topological polar surface area (TPSA) is 83.5 Å². The molecule has 2 heterocycles. The molecule has 100 valence electrons. The number of carboxylic acids is 1. The minimum absolute atomic E-state index is 0.150. The fourth-order valence-corrected chi connectivity index (χ4v) is 4.96. The van der Waals surface area contributed by atoms with E-state index in [9.17, 15) is 13.2 Å². The lowest BCUT2D eigenvalue weighted by atomic mass is 10.0. The average molecular weight is 289 g/mol. The van der Waals surface area contributed by atoms with E-state index in [4.69, 9.17) is 5.11 Å². The summed E-state index contributed by atoms with van der Waals surface area (Å²) in [4.78, 5) is 11.6. The minimum atomic E-state index is -2.92. The molecule has 0 spiro atoms. The van der Waals surface area contributed by atoms with E-state index in [0.29, 0.717) is 13.0 Å². The van der Waals surface area contributed by atoms with E-state index in [1.54, 1.807) is 11.4 Å². The average Bonchev–Trinajstić information content (AvgIpc) is 2.81. The standard InChI is InChI=1S/C11H15NO4S2/c1-11(2-3-18(15,16)7-11)12-5-9-4-8(6-17-9)10(13)14/h4,6,12H,2-3,5,7H2,1H3,(H,13,14). The highest BCUT2D eigenvalue weighted by Crippen LogP contribution is 2.24. The summed E-state index contributed by atoms with van der Waals surface area (Å²) in [5.74, 6) is -0.564. The first kappa shape index (κ1) is 13.5. The van der Waals surface area contributed by atoms with Gasteiger partial charge in [0.1, 0.15) is 0 Å². The first-order valence-electron chi connectivity index (χ1n) is 5.56. The van der Waals surface area contributed by atoms with Crippen LogP contribution in [0.1, 0.15) is 28.6 Å². The lowest BCUT2D eigenvalue weighted by Crippen LogP contribution is -2.42. The highest BCUT2D eigenvalue weighted by atomic mass is 32.2. The molecule has 0 aliphatic carbocycles. The molecule has 1 aromatic rings. The molecule has 2 rings (SSSR count). The zero-order chi connectivity index (χ0) is 13.4. The van der Waals surface area contributed by atoms with Crippen LogP contribution < -0.4 is 5.32 Å². The van der Waals surface area contributed by atoms with Crippen LogP contribution in [0.4, 0.5) is 0 Å². The van der Waals surface area contributed by atoms with E-state index in [2.05, 4.69) is 5.32 Å². The highest BCUT2D eigenvalue weighted by Gasteiger charge is 2.37. The van der Waals surface area contributed by atoms with Gasteiger partial charge in [0.25, 0.3) is 0 Å². The van der Waals surface area contributed by atoms with Gasteiger partial charge in [0.15, 0.2) is 9.84 Å². The third-order valence-corrected chi connectivity index (χ3v) is 5.93. The van der Waals surface area contributed by atoms with Crippen LogP contribution in [0, 0.1) is 0 Å². The van der Waals surface area contributed by atoms with Crippen molar-refractivity contribution in [2.24, 2.45) is 0 Å². The maximum Gasteiger partial charge on any atom is 0.336 e. The number of aromatic carboxylic acids is 1. The Morgan fingerprint density at radius 1 is 1.61 bits per heavy atom. The van der Waals surface area contributed by atoms with E-state index in [1.807, 2.05) is 6.92 Å². The SMILES string of the molecule is CC1(NCc2cc(C(=O)O)cs2)CCS(=O)(=O)C1. The normalized spacial score (nSPS) is 26.3. The van der Waals surface area contributed by atoms with Crippen molar-refractivity contribution in [3.8, 4) is 0 Å². The molecule has 0 radical (unpaired) electrons. The molecule has 2 N–H and O–H groups in total. The van der Waals surface area contributed by atoms with Gasteiger partial charge >= 0.3 is 5.97 Å². The number of hydrogen-bond acceptors (Lipinski definition) is 5. The van der Waals surface area contributed by atoms with Crippen LogP contribution in [0.3, 0.4) is 0 Å².